The molecule has 0 nitrogen and oxygen atoms in total. The Morgan fingerprint density at radius 2 is 1.85 bits per heavy atom. The summed E-state index contributed by atoms with van der Waals surface area (Å²) in [5.41, 5.74) is 2.92. The molecule has 0 heteroatoms. The van der Waals surface area contributed by atoms with Gasteiger partial charge in [-0.05, 0) is 30.3 Å². The van der Waals surface area contributed by atoms with E-state index in [1.807, 2.05) is 0 Å². The van der Waals surface area contributed by atoms with Gasteiger partial charge in [-0.1, -0.05) is 52.8 Å². The van der Waals surface area contributed by atoms with Gasteiger partial charge >= 0.3 is 0 Å². The SMILES string of the molecule is C=C(C)C(=CC(C)(C)CC)C(C)C. The third-order valence-corrected chi connectivity index (χ3v) is 2.57. The maximum absolute atomic E-state index is 4.03. The quantitative estimate of drug-likeness (QED) is 0.555. The van der Waals surface area contributed by atoms with Gasteiger partial charge in [0, 0.05) is 0 Å². The lowest BCUT2D eigenvalue weighted by Gasteiger charge is -2.22. The standard InChI is InChI=1S/C13H24/c1-8-13(6,7)9-12(10(2)3)11(4)5/h9,11H,2,8H2,1,3-7H3. The van der Waals surface area contributed by atoms with Crippen LogP contribution in [0.15, 0.2) is 23.8 Å². The molecule has 0 aliphatic carbocycles. The van der Waals surface area contributed by atoms with E-state index in [-0.39, 0.29) is 0 Å². The van der Waals surface area contributed by atoms with E-state index < -0.39 is 0 Å². The van der Waals surface area contributed by atoms with Crippen LogP contribution < -0.4 is 0 Å². The van der Waals surface area contributed by atoms with E-state index in [0.29, 0.717) is 11.3 Å². The van der Waals surface area contributed by atoms with Gasteiger partial charge in [-0.25, -0.2) is 0 Å². The van der Waals surface area contributed by atoms with Crippen LogP contribution in [0.4, 0.5) is 0 Å². The van der Waals surface area contributed by atoms with Gasteiger partial charge in [0.05, 0.1) is 0 Å². The Labute approximate surface area is 83.7 Å². The summed E-state index contributed by atoms with van der Waals surface area (Å²) in [4.78, 5) is 0. The first-order valence-corrected chi connectivity index (χ1v) is 5.18. The molecule has 76 valence electrons. The first-order chi connectivity index (χ1) is 5.80. The lowest BCUT2D eigenvalue weighted by Crippen LogP contribution is -2.09. The van der Waals surface area contributed by atoms with Crippen LogP contribution in [0, 0.1) is 11.3 Å². The normalized spacial score (nSPS) is 13.6. The van der Waals surface area contributed by atoms with Gasteiger partial charge in [0.25, 0.3) is 0 Å². The Balaban J connectivity index is 4.84. The van der Waals surface area contributed by atoms with E-state index in [0.717, 1.165) is 0 Å². The lowest BCUT2D eigenvalue weighted by molar-refractivity contribution is 0.455. The van der Waals surface area contributed by atoms with Crippen molar-refractivity contribution in [2.45, 2.75) is 48.0 Å². The Morgan fingerprint density at radius 3 is 2.08 bits per heavy atom. The summed E-state index contributed by atoms with van der Waals surface area (Å²) >= 11 is 0. The van der Waals surface area contributed by atoms with Crippen LogP contribution in [0.3, 0.4) is 0 Å². The predicted octanol–water partition coefficient (Wildman–Crippen LogP) is 4.58. The minimum Gasteiger partial charge on any atom is -0.0958 e. The average molecular weight is 180 g/mol. The molecule has 0 heterocycles. The van der Waals surface area contributed by atoms with Gasteiger partial charge in [0.2, 0.25) is 0 Å². The molecule has 0 radical (unpaired) electrons. The molecular weight excluding hydrogens is 156 g/mol. The molecule has 0 aromatic heterocycles. The number of hydrogen-bond donors (Lipinski definition) is 0. The molecule has 13 heavy (non-hydrogen) atoms. The topological polar surface area (TPSA) is 0 Å². The highest BCUT2D eigenvalue weighted by atomic mass is 14.2. The predicted molar refractivity (Wildman–Crippen MR) is 61.8 cm³/mol. The van der Waals surface area contributed by atoms with Crippen molar-refractivity contribution in [2.75, 3.05) is 0 Å². The molecule has 0 aliphatic heterocycles. The van der Waals surface area contributed by atoms with E-state index >= 15 is 0 Å². The van der Waals surface area contributed by atoms with Gasteiger partial charge in [-0.2, -0.15) is 0 Å². The summed E-state index contributed by atoms with van der Waals surface area (Å²) in [6.07, 6.45) is 3.55. The van der Waals surface area contributed by atoms with E-state index in [2.05, 4.69) is 54.2 Å². The van der Waals surface area contributed by atoms with Crippen LogP contribution in [0.25, 0.3) is 0 Å². The smallest absolute Gasteiger partial charge is 0.0171 e. The Bertz CT molecular complexity index is 204. The van der Waals surface area contributed by atoms with Crippen molar-refractivity contribution >= 4 is 0 Å². The molecule has 0 unspecified atom stereocenters. The molecule has 0 bridgehead atoms. The Hall–Kier alpha value is -0.520. The fourth-order valence-corrected chi connectivity index (χ4v) is 1.31. The van der Waals surface area contributed by atoms with Crippen molar-refractivity contribution in [3.05, 3.63) is 23.8 Å². The second kappa shape index (κ2) is 4.64. The maximum atomic E-state index is 4.03. The molecule has 0 N–H and O–H groups in total. The van der Waals surface area contributed by atoms with Gasteiger partial charge in [0.1, 0.15) is 0 Å². The molecule has 0 rings (SSSR count). The molecule has 0 aromatic carbocycles. The molecule has 0 saturated carbocycles. The molecule has 0 fully saturated rings. The van der Waals surface area contributed by atoms with Crippen LogP contribution in [-0.2, 0) is 0 Å². The van der Waals surface area contributed by atoms with Crippen LogP contribution in [0.2, 0.25) is 0 Å². The number of allylic oxidation sites excluding steroid dienone is 3. The highest BCUT2D eigenvalue weighted by Crippen LogP contribution is 2.28. The highest BCUT2D eigenvalue weighted by Gasteiger charge is 2.14. The molecule has 0 atom stereocenters. The Kier molecular flexibility index (Phi) is 4.46. The summed E-state index contributed by atoms with van der Waals surface area (Å²) in [5.74, 6) is 0.586. The summed E-state index contributed by atoms with van der Waals surface area (Å²) in [6, 6.07) is 0. The zero-order valence-corrected chi connectivity index (χ0v) is 10.1. The van der Waals surface area contributed by atoms with Gasteiger partial charge in [0.15, 0.2) is 0 Å². The van der Waals surface area contributed by atoms with Crippen molar-refractivity contribution < 1.29 is 0 Å². The van der Waals surface area contributed by atoms with Gasteiger partial charge in [-0.3, -0.25) is 0 Å². The highest BCUT2D eigenvalue weighted by molar-refractivity contribution is 5.29. The second-order valence-electron chi connectivity index (χ2n) is 4.88. The second-order valence-corrected chi connectivity index (χ2v) is 4.88. The molecule has 0 spiro atoms. The summed E-state index contributed by atoms with van der Waals surface area (Å²) < 4.78 is 0. The van der Waals surface area contributed by atoms with E-state index in [4.69, 9.17) is 0 Å². The van der Waals surface area contributed by atoms with E-state index in [1.54, 1.807) is 0 Å². The van der Waals surface area contributed by atoms with Crippen LogP contribution >= 0.6 is 0 Å². The van der Waals surface area contributed by atoms with Crippen molar-refractivity contribution in [2.24, 2.45) is 11.3 Å². The summed E-state index contributed by atoms with van der Waals surface area (Å²) in [5, 5.41) is 0. The average Bonchev–Trinajstić information content (AvgIpc) is 1.99. The van der Waals surface area contributed by atoms with Crippen molar-refractivity contribution in [1.29, 1.82) is 0 Å². The van der Waals surface area contributed by atoms with Gasteiger partial charge in [-0.15, -0.1) is 0 Å². The van der Waals surface area contributed by atoms with Crippen LogP contribution in [-0.4, -0.2) is 0 Å². The fourth-order valence-electron chi connectivity index (χ4n) is 1.31. The molecular formula is C13H24. The minimum absolute atomic E-state index is 0.304. The molecule has 0 aromatic rings. The minimum atomic E-state index is 0.304. The molecule has 0 amide bonds. The zero-order valence-electron chi connectivity index (χ0n) is 10.1. The molecule has 0 aliphatic rings. The van der Waals surface area contributed by atoms with Crippen LogP contribution in [0.5, 0.6) is 0 Å². The molecule has 0 saturated heterocycles. The van der Waals surface area contributed by atoms with Crippen molar-refractivity contribution in [3.8, 4) is 0 Å². The zero-order chi connectivity index (χ0) is 10.6. The van der Waals surface area contributed by atoms with Gasteiger partial charge < -0.3 is 0 Å². The summed E-state index contributed by atoms with van der Waals surface area (Å²) in [6.45, 7) is 17.4. The number of rotatable bonds is 4. The first kappa shape index (κ1) is 12.5. The summed E-state index contributed by atoms with van der Waals surface area (Å²) in [7, 11) is 0. The van der Waals surface area contributed by atoms with Crippen molar-refractivity contribution in [1.82, 2.24) is 0 Å². The maximum Gasteiger partial charge on any atom is -0.0171 e. The fraction of sp³-hybridized carbons (Fsp3) is 0.692. The third kappa shape index (κ3) is 4.31. The first-order valence-electron chi connectivity index (χ1n) is 5.18. The number of hydrogen-bond acceptors (Lipinski definition) is 0. The monoisotopic (exact) mass is 180 g/mol. The largest absolute Gasteiger partial charge is 0.0958 e. The lowest BCUT2D eigenvalue weighted by atomic mass is 9.83. The van der Waals surface area contributed by atoms with Crippen LogP contribution in [0.1, 0.15) is 48.0 Å². The van der Waals surface area contributed by atoms with Crippen molar-refractivity contribution in [3.63, 3.8) is 0 Å². The van der Waals surface area contributed by atoms with E-state index in [9.17, 15) is 0 Å². The third-order valence-electron chi connectivity index (χ3n) is 2.57. The Morgan fingerprint density at radius 1 is 1.38 bits per heavy atom. The van der Waals surface area contributed by atoms with E-state index in [1.165, 1.54) is 17.6 Å².